The highest BCUT2D eigenvalue weighted by molar-refractivity contribution is 5.37. The smallest absolute Gasteiger partial charge is 0.0876 e. The van der Waals surface area contributed by atoms with E-state index in [2.05, 4.69) is 51.3 Å². The maximum Gasteiger partial charge on any atom is 0.0876 e. The van der Waals surface area contributed by atoms with E-state index in [0.29, 0.717) is 6.04 Å². The van der Waals surface area contributed by atoms with Crippen molar-refractivity contribution in [2.24, 2.45) is 0 Å². The van der Waals surface area contributed by atoms with Crippen LogP contribution in [0.15, 0.2) is 18.2 Å². The van der Waals surface area contributed by atoms with Crippen LogP contribution in [0.2, 0.25) is 0 Å². The fraction of sp³-hybridized carbons (Fsp3) is 0.647. The Morgan fingerprint density at radius 3 is 2.53 bits per heavy atom. The Labute approximate surface area is 117 Å². The summed E-state index contributed by atoms with van der Waals surface area (Å²) in [5, 5.41) is 3.53. The van der Waals surface area contributed by atoms with Crippen LogP contribution in [-0.2, 0) is 4.74 Å². The molecule has 0 aromatic heterocycles. The Kier molecular flexibility index (Phi) is 4.64. The number of rotatable bonds is 5. The van der Waals surface area contributed by atoms with Crippen molar-refractivity contribution < 1.29 is 4.74 Å². The van der Waals surface area contributed by atoms with Crippen molar-refractivity contribution in [3.05, 3.63) is 34.9 Å². The van der Waals surface area contributed by atoms with Gasteiger partial charge in [-0.3, -0.25) is 0 Å². The first-order valence-electron chi connectivity index (χ1n) is 7.52. The summed E-state index contributed by atoms with van der Waals surface area (Å²) in [6.07, 6.45) is 4.89. The first-order chi connectivity index (χ1) is 9.14. The molecule has 1 atom stereocenters. The second-order valence-corrected chi connectivity index (χ2v) is 5.72. The molecule has 2 heteroatoms. The summed E-state index contributed by atoms with van der Waals surface area (Å²) >= 11 is 0. The second kappa shape index (κ2) is 6.06. The monoisotopic (exact) mass is 261 g/mol. The van der Waals surface area contributed by atoms with Gasteiger partial charge in [-0.2, -0.15) is 0 Å². The minimum atomic E-state index is -0.0119. The highest BCUT2D eigenvalue weighted by Gasteiger charge is 2.42. The van der Waals surface area contributed by atoms with Crippen LogP contribution in [-0.4, -0.2) is 19.3 Å². The van der Waals surface area contributed by atoms with Crippen molar-refractivity contribution in [3.63, 3.8) is 0 Å². The molecule has 1 fully saturated rings. The molecule has 1 unspecified atom stereocenters. The third kappa shape index (κ3) is 2.70. The van der Waals surface area contributed by atoms with E-state index >= 15 is 0 Å². The molecule has 0 radical (unpaired) electrons. The fourth-order valence-corrected chi connectivity index (χ4v) is 3.57. The molecule has 0 bridgehead atoms. The molecule has 1 aromatic rings. The van der Waals surface area contributed by atoms with Crippen LogP contribution >= 0.6 is 0 Å². The normalized spacial score (nSPS) is 19.6. The summed E-state index contributed by atoms with van der Waals surface area (Å²) in [5.74, 6) is 0. The van der Waals surface area contributed by atoms with Crippen LogP contribution in [0.4, 0.5) is 0 Å². The van der Waals surface area contributed by atoms with E-state index in [1.54, 1.807) is 0 Å². The molecule has 2 nitrogen and oxygen atoms in total. The quantitative estimate of drug-likeness (QED) is 0.867. The van der Waals surface area contributed by atoms with Crippen LogP contribution in [0, 0.1) is 13.8 Å². The maximum absolute atomic E-state index is 6.23. The third-order valence-corrected chi connectivity index (χ3v) is 4.65. The number of nitrogens with one attached hydrogen (secondary N) is 1. The molecule has 0 spiro atoms. The maximum atomic E-state index is 6.23. The molecule has 0 amide bonds. The largest absolute Gasteiger partial charge is 0.373 e. The summed E-state index contributed by atoms with van der Waals surface area (Å²) < 4.78 is 6.23. The number of hydrogen-bond donors (Lipinski definition) is 1. The summed E-state index contributed by atoms with van der Waals surface area (Å²) in [6, 6.07) is 6.90. The van der Waals surface area contributed by atoms with Gasteiger partial charge in [-0.15, -0.1) is 0 Å². The lowest BCUT2D eigenvalue weighted by Crippen LogP contribution is -2.43. The Hall–Kier alpha value is -0.860. The van der Waals surface area contributed by atoms with Crippen molar-refractivity contribution in [3.8, 4) is 0 Å². The van der Waals surface area contributed by atoms with E-state index in [9.17, 15) is 0 Å². The van der Waals surface area contributed by atoms with E-state index in [1.165, 1.54) is 42.4 Å². The first-order valence-corrected chi connectivity index (χ1v) is 7.52. The summed E-state index contributed by atoms with van der Waals surface area (Å²) in [4.78, 5) is 0. The summed E-state index contributed by atoms with van der Waals surface area (Å²) in [6.45, 7) is 7.32. The van der Waals surface area contributed by atoms with Gasteiger partial charge in [-0.25, -0.2) is 0 Å². The zero-order chi connectivity index (χ0) is 13.9. The third-order valence-electron chi connectivity index (χ3n) is 4.65. The topological polar surface area (TPSA) is 21.3 Å². The molecule has 0 aliphatic heterocycles. The Morgan fingerprint density at radius 2 is 1.95 bits per heavy atom. The van der Waals surface area contributed by atoms with Crippen LogP contribution in [0.5, 0.6) is 0 Å². The lowest BCUT2D eigenvalue weighted by atomic mass is 9.84. The molecule has 1 aromatic carbocycles. The van der Waals surface area contributed by atoms with Gasteiger partial charge in [0.05, 0.1) is 11.6 Å². The molecule has 1 aliphatic rings. The standard InChI is InChI=1S/C17H27NO/c1-5-19-17(11-6-7-12-17)16(18-4)15-10-8-9-13(2)14(15)3/h8-10,16,18H,5-7,11-12H2,1-4H3. The Balaban J connectivity index is 2.40. The van der Waals surface area contributed by atoms with Gasteiger partial charge in [0.1, 0.15) is 0 Å². The average molecular weight is 261 g/mol. The number of ether oxygens (including phenoxy) is 1. The van der Waals surface area contributed by atoms with Gasteiger partial charge in [0, 0.05) is 6.61 Å². The first kappa shape index (κ1) is 14.5. The molecule has 0 heterocycles. The predicted octanol–water partition coefficient (Wildman–Crippen LogP) is 3.91. The van der Waals surface area contributed by atoms with Crippen molar-refractivity contribution in [1.29, 1.82) is 0 Å². The molecular formula is C17H27NO. The molecule has 106 valence electrons. The average Bonchev–Trinajstić information content (AvgIpc) is 2.85. The van der Waals surface area contributed by atoms with Crippen molar-refractivity contribution >= 4 is 0 Å². The summed E-state index contributed by atoms with van der Waals surface area (Å²) in [5.41, 5.74) is 4.15. The van der Waals surface area contributed by atoms with E-state index in [1.807, 2.05) is 0 Å². The fourth-order valence-electron chi connectivity index (χ4n) is 3.57. The van der Waals surface area contributed by atoms with Crippen LogP contribution in [0.3, 0.4) is 0 Å². The van der Waals surface area contributed by atoms with E-state index < -0.39 is 0 Å². The van der Waals surface area contributed by atoms with Crippen LogP contribution in [0.25, 0.3) is 0 Å². The predicted molar refractivity (Wildman–Crippen MR) is 80.5 cm³/mol. The molecule has 2 rings (SSSR count). The highest BCUT2D eigenvalue weighted by Crippen LogP contribution is 2.43. The number of hydrogen-bond acceptors (Lipinski definition) is 2. The molecule has 0 saturated heterocycles. The van der Waals surface area contributed by atoms with Crippen LogP contribution < -0.4 is 5.32 Å². The number of aryl methyl sites for hydroxylation is 1. The number of benzene rings is 1. The Bertz CT molecular complexity index is 421. The van der Waals surface area contributed by atoms with Crippen molar-refractivity contribution in [2.75, 3.05) is 13.7 Å². The zero-order valence-corrected chi connectivity index (χ0v) is 12.8. The lowest BCUT2D eigenvalue weighted by molar-refractivity contribution is -0.0611. The molecular weight excluding hydrogens is 234 g/mol. The van der Waals surface area contributed by atoms with Gasteiger partial charge < -0.3 is 10.1 Å². The Morgan fingerprint density at radius 1 is 1.26 bits per heavy atom. The molecule has 1 aliphatic carbocycles. The minimum absolute atomic E-state index is 0.0119. The van der Waals surface area contributed by atoms with Gasteiger partial charge in [-0.1, -0.05) is 31.0 Å². The van der Waals surface area contributed by atoms with Gasteiger partial charge in [0.2, 0.25) is 0 Å². The van der Waals surface area contributed by atoms with Crippen molar-refractivity contribution in [2.45, 2.75) is 58.1 Å². The van der Waals surface area contributed by atoms with Gasteiger partial charge in [0.25, 0.3) is 0 Å². The number of likely N-dealkylation sites (N-methyl/N-ethyl adjacent to an activating group) is 1. The van der Waals surface area contributed by atoms with Gasteiger partial charge >= 0.3 is 0 Å². The minimum Gasteiger partial charge on any atom is -0.373 e. The summed E-state index contributed by atoms with van der Waals surface area (Å²) in [7, 11) is 2.06. The zero-order valence-electron chi connectivity index (χ0n) is 12.8. The van der Waals surface area contributed by atoms with Crippen LogP contribution in [0.1, 0.15) is 55.3 Å². The van der Waals surface area contributed by atoms with E-state index in [4.69, 9.17) is 4.74 Å². The van der Waals surface area contributed by atoms with Gasteiger partial charge in [-0.05, 0) is 57.4 Å². The lowest BCUT2D eigenvalue weighted by Gasteiger charge is -2.38. The molecule has 1 N–H and O–H groups in total. The van der Waals surface area contributed by atoms with E-state index in [-0.39, 0.29) is 5.60 Å². The highest BCUT2D eigenvalue weighted by atomic mass is 16.5. The van der Waals surface area contributed by atoms with E-state index in [0.717, 1.165) is 6.61 Å². The van der Waals surface area contributed by atoms with Gasteiger partial charge in [0.15, 0.2) is 0 Å². The second-order valence-electron chi connectivity index (χ2n) is 5.72. The molecule has 19 heavy (non-hydrogen) atoms. The van der Waals surface area contributed by atoms with Crippen molar-refractivity contribution in [1.82, 2.24) is 5.32 Å². The molecule has 1 saturated carbocycles. The SMILES string of the molecule is CCOC1(C(NC)c2cccc(C)c2C)CCCC1.